The lowest BCUT2D eigenvalue weighted by atomic mass is 10.0. The molecule has 0 bridgehead atoms. The Bertz CT molecular complexity index is 546. The molecule has 1 aromatic carbocycles. The average molecular weight is 359 g/mol. The number of benzene rings is 1. The van der Waals surface area contributed by atoms with Crippen LogP contribution in [0.1, 0.15) is 16.1 Å². The lowest BCUT2D eigenvalue weighted by Gasteiger charge is -2.00. The molecule has 0 atom stereocenters. The minimum atomic E-state index is -0.0262. The van der Waals surface area contributed by atoms with Gasteiger partial charge in [-0.25, -0.2) is 0 Å². The summed E-state index contributed by atoms with van der Waals surface area (Å²) in [5.41, 5.74) is 2.01. The van der Waals surface area contributed by atoms with E-state index >= 15 is 0 Å². The standard InChI is InChI=1S/C12H9Br2NO2/c1-7-11(10(16)6-13)12(17-15-7)8-2-4-9(14)5-3-8/h2-5H,6H2,1H3. The predicted molar refractivity (Wildman–Crippen MR) is 72.5 cm³/mol. The number of rotatable bonds is 3. The smallest absolute Gasteiger partial charge is 0.179 e. The highest BCUT2D eigenvalue weighted by atomic mass is 79.9. The Kier molecular flexibility index (Phi) is 3.79. The van der Waals surface area contributed by atoms with Gasteiger partial charge in [-0.15, -0.1) is 0 Å². The second-order valence-corrected chi connectivity index (χ2v) is 5.01. The van der Waals surface area contributed by atoms with Crippen molar-refractivity contribution in [1.82, 2.24) is 5.16 Å². The zero-order valence-electron chi connectivity index (χ0n) is 9.04. The highest BCUT2D eigenvalue weighted by molar-refractivity contribution is 9.10. The first kappa shape index (κ1) is 12.5. The van der Waals surface area contributed by atoms with Crippen molar-refractivity contribution in [3.63, 3.8) is 0 Å². The average Bonchev–Trinajstić information content (AvgIpc) is 2.71. The van der Waals surface area contributed by atoms with Crippen molar-refractivity contribution in [2.75, 3.05) is 5.33 Å². The third-order valence-corrected chi connectivity index (χ3v) is 3.41. The Morgan fingerprint density at radius 3 is 2.59 bits per heavy atom. The molecular formula is C12H9Br2NO2. The lowest BCUT2D eigenvalue weighted by molar-refractivity contribution is 0.102. The van der Waals surface area contributed by atoms with Crippen molar-refractivity contribution in [2.24, 2.45) is 0 Å². The summed E-state index contributed by atoms with van der Waals surface area (Å²) < 4.78 is 6.21. The Balaban J connectivity index is 2.52. The molecule has 0 radical (unpaired) electrons. The highest BCUT2D eigenvalue weighted by Gasteiger charge is 2.20. The minimum absolute atomic E-state index is 0.0262. The number of carbonyl (C=O) groups is 1. The van der Waals surface area contributed by atoms with Gasteiger partial charge in [-0.2, -0.15) is 0 Å². The van der Waals surface area contributed by atoms with Gasteiger partial charge in [-0.05, 0) is 31.2 Å². The fourth-order valence-electron chi connectivity index (χ4n) is 1.56. The van der Waals surface area contributed by atoms with E-state index in [4.69, 9.17) is 4.52 Å². The second kappa shape index (κ2) is 5.14. The fourth-order valence-corrected chi connectivity index (χ4v) is 2.11. The van der Waals surface area contributed by atoms with Gasteiger partial charge in [0.05, 0.1) is 16.6 Å². The molecule has 0 aliphatic carbocycles. The third kappa shape index (κ3) is 2.50. The number of Topliss-reactive ketones (excluding diaryl/α,β-unsaturated/α-hetero) is 1. The monoisotopic (exact) mass is 357 g/mol. The Labute approximate surface area is 115 Å². The molecule has 0 saturated heterocycles. The molecule has 0 N–H and O–H groups in total. The molecule has 3 nitrogen and oxygen atoms in total. The molecule has 0 fully saturated rings. The molecule has 0 aliphatic rings. The van der Waals surface area contributed by atoms with E-state index in [-0.39, 0.29) is 11.1 Å². The van der Waals surface area contributed by atoms with E-state index in [1.807, 2.05) is 24.3 Å². The van der Waals surface area contributed by atoms with E-state index in [1.165, 1.54) is 0 Å². The van der Waals surface area contributed by atoms with Crippen molar-refractivity contribution in [1.29, 1.82) is 0 Å². The van der Waals surface area contributed by atoms with Crippen LogP contribution in [0.25, 0.3) is 11.3 Å². The molecule has 0 amide bonds. The van der Waals surface area contributed by atoms with Gasteiger partial charge < -0.3 is 4.52 Å². The summed E-state index contributed by atoms with van der Waals surface area (Å²) >= 11 is 6.53. The minimum Gasteiger partial charge on any atom is -0.355 e. The molecule has 0 spiro atoms. The van der Waals surface area contributed by atoms with E-state index in [2.05, 4.69) is 37.0 Å². The van der Waals surface area contributed by atoms with Crippen LogP contribution >= 0.6 is 31.9 Å². The number of nitrogens with zero attached hydrogens (tertiary/aromatic N) is 1. The van der Waals surface area contributed by atoms with Crippen LogP contribution in [0.5, 0.6) is 0 Å². The molecule has 88 valence electrons. The maximum Gasteiger partial charge on any atom is 0.179 e. The summed E-state index contributed by atoms with van der Waals surface area (Å²) in [5.74, 6) is 0.501. The zero-order chi connectivity index (χ0) is 12.4. The van der Waals surface area contributed by atoms with Crippen LogP contribution in [-0.4, -0.2) is 16.3 Å². The number of ketones is 1. The molecule has 1 aromatic heterocycles. The van der Waals surface area contributed by atoms with Crippen LogP contribution in [0.4, 0.5) is 0 Å². The van der Waals surface area contributed by atoms with Crippen molar-refractivity contribution < 1.29 is 9.32 Å². The molecular weight excluding hydrogens is 350 g/mol. The second-order valence-electron chi connectivity index (χ2n) is 3.54. The van der Waals surface area contributed by atoms with Gasteiger partial charge in [-0.1, -0.05) is 37.0 Å². The van der Waals surface area contributed by atoms with Crippen LogP contribution in [0, 0.1) is 6.92 Å². The number of alkyl halides is 1. The first-order valence-corrected chi connectivity index (χ1v) is 6.86. The number of aryl methyl sites for hydroxylation is 1. The van der Waals surface area contributed by atoms with Gasteiger partial charge in [0.25, 0.3) is 0 Å². The molecule has 17 heavy (non-hydrogen) atoms. The van der Waals surface area contributed by atoms with E-state index in [9.17, 15) is 4.79 Å². The van der Waals surface area contributed by atoms with Crippen LogP contribution in [-0.2, 0) is 0 Å². The van der Waals surface area contributed by atoms with E-state index in [0.29, 0.717) is 17.0 Å². The van der Waals surface area contributed by atoms with Crippen molar-refractivity contribution in [2.45, 2.75) is 6.92 Å². The van der Waals surface area contributed by atoms with Crippen LogP contribution in [0.3, 0.4) is 0 Å². The largest absolute Gasteiger partial charge is 0.355 e. The van der Waals surface area contributed by atoms with Crippen molar-refractivity contribution in [3.05, 3.63) is 40.0 Å². The van der Waals surface area contributed by atoms with Gasteiger partial charge >= 0.3 is 0 Å². The number of hydrogen-bond donors (Lipinski definition) is 0. The molecule has 0 unspecified atom stereocenters. The van der Waals surface area contributed by atoms with Crippen LogP contribution in [0.15, 0.2) is 33.3 Å². The number of carbonyl (C=O) groups excluding carboxylic acids is 1. The fraction of sp³-hybridized carbons (Fsp3) is 0.167. The van der Waals surface area contributed by atoms with Crippen LogP contribution < -0.4 is 0 Å². The maximum atomic E-state index is 11.8. The van der Waals surface area contributed by atoms with Gasteiger partial charge in [0.15, 0.2) is 11.5 Å². The van der Waals surface area contributed by atoms with Gasteiger partial charge in [0.1, 0.15) is 0 Å². The Morgan fingerprint density at radius 2 is 2.00 bits per heavy atom. The van der Waals surface area contributed by atoms with Gasteiger partial charge in [-0.3, -0.25) is 4.79 Å². The summed E-state index contributed by atoms with van der Waals surface area (Å²) in [7, 11) is 0. The number of aromatic nitrogens is 1. The molecule has 2 rings (SSSR count). The topological polar surface area (TPSA) is 43.1 Å². The molecule has 1 heterocycles. The van der Waals surface area contributed by atoms with Gasteiger partial charge in [0, 0.05) is 10.0 Å². The van der Waals surface area contributed by atoms with Crippen LogP contribution in [0.2, 0.25) is 0 Å². The highest BCUT2D eigenvalue weighted by Crippen LogP contribution is 2.28. The first-order valence-electron chi connectivity index (χ1n) is 4.95. The number of halogens is 2. The summed E-state index contributed by atoms with van der Waals surface area (Å²) in [4.78, 5) is 11.8. The van der Waals surface area contributed by atoms with Crippen molar-refractivity contribution >= 4 is 37.6 Å². The van der Waals surface area contributed by atoms with E-state index < -0.39 is 0 Å². The SMILES string of the molecule is Cc1noc(-c2ccc(Br)cc2)c1C(=O)CBr. The third-order valence-electron chi connectivity index (χ3n) is 2.37. The molecule has 2 aromatic rings. The van der Waals surface area contributed by atoms with Crippen molar-refractivity contribution in [3.8, 4) is 11.3 Å². The Hall–Kier alpha value is -0.940. The summed E-state index contributed by atoms with van der Waals surface area (Å²) in [6.45, 7) is 1.77. The normalized spacial score (nSPS) is 10.5. The predicted octanol–water partition coefficient (Wildman–Crippen LogP) is 3.99. The van der Waals surface area contributed by atoms with Gasteiger partial charge in [0.2, 0.25) is 0 Å². The Morgan fingerprint density at radius 1 is 1.35 bits per heavy atom. The van der Waals surface area contributed by atoms with E-state index in [0.717, 1.165) is 10.0 Å². The molecule has 0 saturated carbocycles. The zero-order valence-corrected chi connectivity index (χ0v) is 12.2. The molecule has 5 heteroatoms. The summed E-state index contributed by atoms with van der Waals surface area (Å²) in [5, 5.41) is 4.12. The summed E-state index contributed by atoms with van der Waals surface area (Å²) in [6, 6.07) is 7.56. The first-order chi connectivity index (χ1) is 8.13. The number of hydrogen-bond acceptors (Lipinski definition) is 3. The maximum absolute atomic E-state index is 11.8. The molecule has 0 aliphatic heterocycles. The quantitative estimate of drug-likeness (QED) is 0.615. The lowest BCUT2D eigenvalue weighted by Crippen LogP contribution is -2.02. The van der Waals surface area contributed by atoms with E-state index in [1.54, 1.807) is 6.92 Å². The summed E-state index contributed by atoms with van der Waals surface area (Å²) in [6.07, 6.45) is 0.